The summed E-state index contributed by atoms with van der Waals surface area (Å²) in [5.74, 6) is 0. The Morgan fingerprint density at radius 2 is 1.90 bits per heavy atom. The van der Waals surface area contributed by atoms with Crippen molar-refractivity contribution in [2.24, 2.45) is 21.8 Å². The molecule has 56 valence electrons. The van der Waals surface area contributed by atoms with Crippen LogP contribution in [0.5, 0.6) is 0 Å². The Morgan fingerprint density at radius 1 is 1.30 bits per heavy atom. The van der Waals surface area contributed by atoms with E-state index in [-0.39, 0.29) is 10.2 Å². The normalized spacial score (nSPS) is 9.20. The summed E-state index contributed by atoms with van der Waals surface area (Å²) in [6.45, 7) is 0. The second-order valence-corrected chi connectivity index (χ2v) is 2.00. The Bertz CT molecular complexity index is 163. The van der Waals surface area contributed by atoms with Gasteiger partial charge in [-0.3, -0.25) is 5.43 Å². The smallest absolute Gasteiger partial charge is 0.213 e. The summed E-state index contributed by atoms with van der Waals surface area (Å²) >= 11 is 8.77. The van der Waals surface area contributed by atoms with E-state index in [1.807, 2.05) is 0 Å². The Kier molecular flexibility index (Phi) is 4.33. The third-order valence-electron chi connectivity index (χ3n) is 0.378. The topological polar surface area (TPSA) is 101 Å². The van der Waals surface area contributed by atoms with E-state index in [2.05, 4.69) is 45.7 Å². The average Bonchev–Trinajstić information content (AvgIpc) is 1.79. The van der Waals surface area contributed by atoms with Crippen molar-refractivity contribution in [3.05, 3.63) is 0 Å². The molecule has 6 N–H and O–H groups in total. The maximum Gasteiger partial charge on any atom is 0.213 e. The highest BCUT2D eigenvalue weighted by molar-refractivity contribution is 7.80. The number of nitrogens with one attached hydrogen (secondary N) is 2. The molecule has 0 saturated carbocycles. The molecule has 0 fully saturated rings. The van der Waals surface area contributed by atoms with Crippen molar-refractivity contribution in [3.63, 3.8) is 0 Å². The summed E-state index contributed by atoms with van der Waals surface area (Å²) in [6.07, 6.45) is 0. The van der Waals surface area contributed by atoms with Gasteiger partial charge < -0.3 is 11.5 Å². The van der Waals surface area contributed by atoms with Crippen LogP contribution in [0.4, 0.5) is 0 Å². The second kappa shape index (κ2) is 4.82. The molecule has 0 heterocycles. The summed E-state index contributed by atoms with van der Waals surface area (Å²) in [5.41, 5.74) is 14.4. The van der Waals surface area contributed by atoms with Gasteiger partial charge in [-0.1, -0.05) is 5.22 Å². The van der Waals surface area contributed by atoms with Gasteiger partial charge in [0.1, 0.15) is 0 Å². The maximum absolute atomic E-state index is 5.00. The van der Waals surface area contributed by atoms with E-state index in [0.717, 1.165) is 0 Å². The number of thiocarbonyl (C=S) groups is 2. The lowest BCUT2D eigenvalue weighted by atomic mass is 11.2. The van der Waals surface area contributed by atoms with Crippen LogP contribution in [-0.4, -0.2) is 10.2 Å². The molecule has 0 unspecified atom stereocenters. The number of hydrazine groups is 1. The predicted molar refractivity (Wildman–Crippen MR) is 44.7 cm³/mol. The molecule has 0 amide bonds. The van der Waals surface area contributed by atoms with Crippen molar-refractivity contribution in [3.8, 4) is 0 Å². The molecule has 0 aliphatic carbocycles. The number of nitrogens with zero attached hydrogens (tertiary/aromatic N) is 2. The molecule has 6 nitrogen and oxygen atoms in total. The van der Waals surface area contributed by atoms with Gasteiger partial charge in [0.15, 0.2) is 5.11 Å². The van der Waals surface area contributed by atoms with E-state index < -0.39 is 0 Å². The highest BCUT2D eigenvalue weighted by Crippen LogP contribution is 1.67. The first-order chi connectivity index (χ1) is 4.63. The number of rotatable bonds is 2. The first-order valence-corrected chi connectivity index (χ1v) is 2.95. The minimum absolute atomic E-state index is 0.0573. The Morgan fingerprint density at radius 3 is 2.30 bits per heavy atom. The molecule has 0 aliphatic rings. The minimum Gasteiger partial charge on any atom is -0.375 e. The van der Waals surface area contributed by atoms with Crippen LogP contribution in [0.3, 0.4) is 0 Å². The summed E-state index contributed by atoms with van der Waals surface area (Å²) in [5, 5.41) is 6.47. The van der Waals surface area contributed by atoms with Gasteiger partial charge in [-0.2, -0.15) is 5.53 Å². The highest BCUT2D eigenvalue weighted by atomic mass is 32.1. The molecule has 0 aromatic rings. The molecule has 0 radical (unpaired) electrons. The SMILES string of the molecule is NC(=S)/N=N/NNC(N)=S. The van der Waals surface area contributed by atoms with Crippen molar-refractivity contribution in [2.75, 3.05) is 0 Å². The predicted octanol–water partition coefficient (Wildman–Crippen LogP) is -1.06. The van der Waals surface area contributed by atoms with Gasteiger partial charge in [0.2, 0.25) is 5.11 Å². The number of nitrogens with two attached hydrogens (primary N) is 2. The van der Waals surface area contributed by atoms with Gasteiger partial charge in [0, 0.05) is 0 Å². The molecule has 0 spiro atoms. The molecule has 0 atom stereocenters. The van der Waals surface area contributed by atoms with Crippen LogP contribution in [0.2, 0.25) is 0 Å². The van der Waals surface area contributed by atoms with Crippen LogP contribution in [-0.2, 0) is 0 Å². The molecule has 0 aliphatic heterocycles. The summed E-state index contributed by atoms with van der Waals surface area (Å²) in [4.78, 5) is 0. The second-order valence-electron chi connectivity index (χ2n) is 1.14. The van der Waals surface area contributed by atoms with Gasteiger partial charge in [-0.15, -0.1) is 5.11 Å². The molecule has 0 aromatic heterocycles. The lowest BCUT2D eigenvalue weighted by molar-refractivity contribution is 0.664. The first kappa shape index (κ1) is 8.98. The largest absolute Gasteiger partial charge is 0.375 e. The Balaban J connectivity index is 3.36. The molecular formula is C2H6N6S2. The van der Waals surface area contributed by atoms with E-state index >= 15 is 0 Å². The van der Waals surface area contributed by atoms with Gasteiger partial charge >= 0.3 is 0 Å². The molecule has 0 aromatic carbocycles. The zero-order chi connectivity index (χ0) is 7.98. The van der Waals surface area contributed by atoms with Crippen LogP contribution >= 0.6 is 24.4 Å². The molecule has 8 heteroatoms. The Hall–Kier alpha value is -1.02. The van der Waals surface area contributed by atoms with Crippen LogP contribution < -0.4 is 22.4 Å². The van der Waals surface area contributed by atoms with Gasteiger partial charge in [-0.05, 0) is 24.4 Å². The number of hydrogen-bond acceptors (Lipinski definition) is 3. The van der Waals surface area contributed by atoms with Crippen LogP contribution in [0.1, 0.15) is 0 Å². The molecule has 0 rings (SSSR count). The van der Waals surface area contributed by atoms with Gasteiger partial charge in [0.05, 0.1) is 0 Å². The van der Waals surface area contributed by atoms with Crippen LogP contribution in [0.25, 0.3) is 0 Å². The zero-order valence-corrected chi connectivity index (χ0v) is 6.50. The quantitative estimate of drug-likeness (QED) is 0.244. The van der Waals surface area contributed by atoms with Gasteiger partial charge in [0.25, 0.3) is 0 Å². The Labute approximate surface area is 68.0 Å². The van der Waals surface area contributed by atoms with Crippen molar-refractivity contribution < 1.29 is 0 Å². The maximum atomic E-state index is 5.00. The lowest BCUT2D eigenvalue weighted by Gasteiger charge is -1.97. The highest BCUT2D eigenvalue weighted by Gasteiger charge is 1.80. The molecular weight excluding hydrogens is 172 g/mol. The fraction of sp³-hybridized carbons (Fsp3) is 0. The third-order valence-corrected chi connectivity index (χ3v) is 0.561. The molecule has 10 heavy (non-hydrogen) atoms. The fourth-order valence-corrected chi connectivity index (χ4v) is 0.241. The van der Waals surface area contributed by atoms with Crippen LogP contribution in [0, 0.1) is 0 Å². The van der Waals surface area contributed by atoms with Crippen molar-refractivity contribution in [1.82, 2.24) is 11.0 Å². The van der Waals surface area contributed by atoms with E-state index in [1.165, 1.54) is 0 Å². The van der Waals surface area contributed by atoms with Crippen molar-refractivity contribution >= 4 is 34.7 Å². The number of hydrogen-bond donors (Lipinski definition) is 4. The van der Waals surface area contributed by atoms with E-state index in [4.69, 9.17) is 11.5 Å². The zero-order valence-electron chi connectivity index (χ0n) is 4.87. The van der Waals surface area contributed by atoms with E-state index in [0.29, 0.717) is 0 Å². The van der Waals surface area contributed by atoms with Crippen LogP contribution in [0.15, 0.2) is 10.3 Å². The van der Waals surface area contributed by atoms with Crippen molar-refractivity contribution in [2.45, 2.75) is 0 Å². The summed E-state index contributed by atoms with van der Waals surface area (Å²) < 4.78 is 0. The molecule has 0 bridgehead atoms. The standard InChI is InChI=1S/C2H6N6S2/c3-1(9)5-7-8-6-2(4)10/h(H3,3,5,8,9)(H3,4,6,7,10). The monoisotopic (exact) mass is 178 g/mol. The van der Waals surface area contributed by atoms with E-state index in [9.17, 15) is 0 Å². The van der Waals surface area contributed by atoms with Gasteiger partial charge in [-0.25, -0.2) is 0 Å². The summed E-state index contributed by atoms with van der Waals surface area (Å²) in [7, 11) is 0. The first-order valence-electron chi connectivity index (χ1n) is 2.13. The van der Waals surface area contributed by atoms with Crippen molar-refractivity contribution in [1.29, 1.82) is 0 Å². The lowest BCUT2D eigenvalue weighted by Crippen LogP contribution is -2.37. The molecule has 0 saturated heterocycles. The van der Waals surface area contributed by atoms with E-state index in [1.54, 1.807) is 0 Å². The fourth-order valence-electron chi connectivity index (χ4n) is 0.154. The minimum atomic E-state index is -0.0720. The third kappa shape index (κ3) is 6.98. The summed E-state index contributed by atoms with van der Waals surface area (Å²) in [6, 6.07) is 0. The average molecular weight is 178 g/mol.